The molecule has 0 unspecified atom stereocenters. The highest BCUT2D eigenvalue weighted by Gasteiger charge is 2.48. The van der Waals surface area contributed by atoms with Crippen molar-refractivity contribution in [2.75, 3.05) is 7.11 Å². The van der Waals surface area contributed by atoms with Gasteiger partial charge in [-0.15, -0.1) is 0 Å². The predicted octanol–water partition coefficient (Wildman–Crippen LogP) is 2.88. The number of benzene rings is 1. The Morgan fingerprint density at radius 1 is 1.26 bits per heavy atom. The fourth-order valence-corrected chi connectivity index (χ4v) is 3.32. The molecule has 3 rings (SSSR count). The molecule has 0 aliphatic heterocycles. The number of ether oxygens (including phenoxy) is 1. The summed E-state index contributed by atoms with van der Waals surface area (Å²) in [6.07, 6.45) is 5.56. The molecule has 1 spiro atoms. The number of aliphatic hydroxyl groups excluding tert-OH is 1. The van der Waals surface area contributed by atoms with Crippen LogP contribution in [0, 0.1) is 5.41 Å². The molecular formula is C16H20O3. The fraction of sp³-hybridized carbons (Fsp3) is 0.562. The van der Waals surface area contributed by atoms with Crippen LogP contribution in [0.5, 0.6) is 0 Å². The molecule has 0 bridgehead atoms. The number of carbonyl (C=O) groups excluding carboxylic acids is 1. The molecule has 2 aliphatic carbocycles. The van der Waals surface area contributed by atoms with E-state index >= 15 is 0 Å². The van der Waals surface area contributed by atoms with Gasteiger partial charge >= 0.3 is 5.97 Å². The van der Waals surface area contributed by atoms with E-state index < -0.39 is 0 Å². The Kier molecular flexibility index (Phi) is 3.09. The van der Waals surface area contributed by atoms with E-state index in [0.717, 1.165) is 18.4 Å². The number of hydrogen-bond acceptors (Lipinski definition) is 3. The van der Waals surface area contributed by atoms with Crippen LogP contribution in [0.15, 0.2) is 24.3 Å². The van der Waals surface area contributed by atoms with Gasteiger partial charge in [-0.05, 0) is 55.2 Å². The zero-order valence-corrected chi connectivity index (χ0v) is 11.3. The third-order valence-electron chi connectivity index (χ3n) is 4.80. The molecular weight excluding hydrogens is 240 g/mol. The minimum Gasteiger partial charge on any atom is -0.465 e. The second-order valence-electron chi connectivity index (χ2n) is 6.03. The molecule has 0 heterocycles. The molecule has 1 aromatic carbocycles. The molecule has 2 aliphatic rings. The summed E-state index contributed by atoms with van der Waals surface area (Å²) in [5.41, 5.74) is 2.23. The van der Waals surface area contributed by atoms with Crippen LogP contribution in [0.25, 0.3) is 0 Å². The fourth-order valence-electron chi connectivity index (χ4n) is 3.32. The highest BCUT2D eigenvalue weighted by molar-refractivity contribution is 5.89. The third-order valence-corrected chi connectivity index (χ3v) is 4.80. The Bertz CT molecular complexity index is 473. The maximum atomic E-state index is 11.4. The van der Waals surface area contributed by atoms with E-state index in [1.54, 1.807) is 12.1 Å². The topological polar surface area (TPSA) is 46.5 Å². The van der Waals surface area contributed by atoms with E-state index in [1.807, 2.05) is 12.1 Å². The lowest BCUT2D eigenvalue weighted by molar-refractivity contribution is 0.0600. The van der Waals surface area contributed by atoms with Crippen LogP contribution in [-0.2, 0) is 4.74 Å². The molecule has 0 radical (unpaired) electrons. The van der Waals surface area contributed by atoms with Crippen LogP contribution in [0.2, 0.25) is 0 Å². The lowest BCUT2D eigenvalue weighted by Gasteiger charge is -2.34. The zero-order chi connectivity index (χ0) is 13.5. The minimum atomic E-state index is -0.311. The molecule has 19 heavy (non-hydrogen) atoms. The summed E-state index contributed by atoms with van der Waals surface area (Å²) in [6, 6.07) is 7.51. The average Bonchev–Trinajstić information content (AvgIpc) is 3.21. The SMILES string of the molecule is COC(=O)c1ccc([C@@H]2CC3(CC[C@@H]2O)CC3)cc1. The summed E-state index contributed by atoms with van der Waals surface area (Å²) >= 11 is 0. The van der Waals surface area contributed by atoms with Gasteiger partial charge in [0.2, 0.25) is 0 Å². The quantitative estimate of drug-likeness (QED) is 0.832. The van der Waals surface area contributed by atoms with Crippen molar-refractivity contribution in [1.82, 2.24) is 0 Å². The van der Waals surface area contributed by atoms with Crippen molar-refractivity contribution < 1.29 is 14.6 Å². The first kappa shape index (κ1) is 12.7. The number of rotatable bonds is 2. The number of hydrogen-bond donors (Lipinski definition) is 1. The van der Waals surface area contributed by atoms with Crippen LogP contribution in [0.3, 0.4) is 0 Å². The summed E-state index contributed by atoms with van der Waals surface area (Å²) in [5.74, 6) is -0.0858. The first-order valence-corrected chi connectivity index (χ1v) is 7.00. The molecule has 0 amide bonds. The van der Waals surface area contributed by atoms with Crippen LogP contribution < -0.4 is 0 Å². The van der Waals surface area contributed by atoms with Crippen molar-refractivity contribution in [3.8, 4) is 0 Å². The first-order valence-electron chi connectivity index (χ1n) is 7.00. The van der Waals surface area contributed by atoms with Crippen molar-refractivity contribution in [2.24, 2.45) is 5.41 Å². The van der Waals surface area contributed by atoms with Gasteiger partial charge in [0.05, 0.1) is 18.8 Å². The second kappa shape index (κ2) is 4.64. The predicted molar refractivity (Wildman–Crippen MR) is 72.0 cm³/mol. The van der Waals surface area contributed by atoms with E-state index in [1.165, 1.54) is 26.4 Å². The van der Waals surface area contributed by atoms with Crippen molar-refractivity contribution in [3.63, 3.8) is 0 Å². The van der Waals surface area contributed by atoms with Crippen LogP contribution in [0.4, 0.5) is 0 Å². The van der Waals surface area contributed by atoms with Gasteiger partial charge in [-0.3, -0.25) is 0 Å². The first-order chi connectivity index (χ1) is 9.13. The number of aliphatic hydroxyl groups is 1. The second-order valence-corrected chi connectivity index (χ2v) is 6.03. The van der Waals surface area contributed by atoms with Gasteiger partial charge in [0, 0.05) is 5.92 Å². The highest BCUT2D eigenvalue weighted by Crippen LogP contribution is 2.59. The standard InChI is InChI=1S/C16H20O3/c1-19-15(18)12-4-2-11(3-5-12)13-10-16(8-9-16)7-6-14(13)17/h2-5,13-14,17H,6-10H2,1H3/t13-,14-/m0/s1. The number of carbonyl (C=O) groups is 1. The molecule has 1 aromatic rings. The average molecular weight is 260 g/mol. The molecule has 3 heteroatoms. The Morgan fingerprint density at radius 3 is 2.53 bits per heavy atom. The lowest BCUT2D eigenvalue weighted by atomic mass is 9.74. The summed E-state index contributed by atoms with van der Waals surface area (Å²) in [4.78, 5) is 11.4. The summed E-state index contributed by atoms with van der Waals surface area (Å²) in [6.45, 7) is 0. The Balaban J connectivity index is 1.79. The zero-order valence-electron chi connectivity index (χ0n) is 11.3. The van der Waals surface area contributed by atoms with Gasteiger partial charge in [0.15, 0.2) is 0 Å². The maximum absolute atomic E-state index is 11.4. The molecule has 102 valence electrons. The Labute approximate surface area is 113 Å². The summed E-state index contributed by atoms with van der Waals surface area (Å²) < 4.78 is 4.70. The van der Waals surface area contributed by atoms with Gasteiger partial charge in [-0.1, -0.05) is 12.1 Å². The summed E-state index contributed by atoms with van der Waals surface area (Å²) in [7, 11) is 1.39. The van der Waals surface area contributed by atoms with Gasteiger partial charge in [0.25, 0.3) is 0 Å². The van der Waals surface area contributed by atoms with Crippen molar-refractivity contribution in [2.45, 2.75) is 44.1 Å². The minimum absolute atomic E-state index is 0.225. The van der Waals surface area contributed by atoms with Crippen molar-refractivity contribution in [1.29, 1.82) is 0 Å². The Hall–Kier alpha value is -1.35. The monoisotopic (exact) mass is 260 g/mol. The lowest BCUT2D eigenvalue weighted by Crippen LogP contribution is -2.28. The van der Waals surface area contributed by atoms with Gasteiger partial charge in [-0.25, -0.2) is 4.79 Å². The molecule has 0 aromatic heterocycles. The van der Waals surface area contributed by atoms with Crippen molar-refractivity contribution in [3.05, 3.63) is 35.4 Å². The van der Waals surface area contributed by atoms with Crippen LogP contribution >= 0.6 is 0 Å². The largest absolute Gasteiger partial charge is 0.465 e. The molecule has 1 N–H and O–H groups in total. The van der Waals surface area contributed by atoms with E-state index in [-0.39, 0.29) is 18.0 Å². The highest BCUT2D eigenvalue weighted by atomic mass is 16.5. The Morgan fingerprint density at radius 2 is 1.95 bits per heavy atom. The van der Waals surface area contributed by atoms with Crippen LogP contribution in [0.1, 0.15) is 53.9 Å². The third kappa shape index (κ3) is 2.39. The molecule has 3 nitrogen and oxygen atoms in total. The maximum Gasteiger partial charge on any atom is 0.337 e. The van der Waals surface area contributed by atoms with E-state index in [4.69, 9.17) is 4.74 Å². The van der Waals surface area contributed by atoms with Crippen molar-refractivity contribution >= 4 is 5.97 Å². The summed E-state index contributed by atoms with van der Waals surface area (Å²) in [5, 5.41) is 10.2. The van der Waals surface area contributed by atoms with Crippen LogP contribution in [-0.4, -0.2) is 24.3 Å². The molecule has 2 fully saturated rings. The smallest absolute Gasteiger partial charge is 0.337 e. The van der Waals surface area contributed by atoms with Gasteiger partial charge in [0.1, 0.15) is 0 Å². The van der Waals surface area contributed by atoms with E-state index in [2.05, 4.69) is 0 Å². The van der Waals surface area contributed by atoms with E-state index in [9.17, 15) is 9.90 Å². The normalized spacial score (nSPS) is 28.1. The molecule has 2 saturated carbocycles. The van der Waals surface area contributed by atoms with Gasteiger partial charge in [-0.2, -0.15) is 0 Å². The molecule has 2 atom stereocenters. The number of esters is 1. The molecule has 0 saturated heterocycles. The van der Waals surface area contributed by atoms with E-state index in [0.29, 0.717) is 11.0 Å². The number of methoxy groups -OCH3 is 1. The van der Waals surface area contributed by atoms with Gasteiger partial charge < -0.3 is 9.84 Å².